The lowest BCUT2D eigenvalue weighted by molar-refractivity contribution is -0.130. The van der Waals surface area contributed by atoms with Crippen LogP contribution in [0.4, 0.5) is 0 Å². The van der Waals surface area contributed by atoms with E-state index in [0.717, 1.165) is 16.2 Å². The van der Waals surface area contributed by atoms with E-state index in [4.69, 9.17) is 9.47 Å². The van der Waals surface area contributed by atoms with Crippen molar-refractivity contribution in [2.24, 2.45) is 4.99 Å². The standard InChI is InChI=1S/C17H13NO3S/c1-20-14-9-3-2-6-12(14)7-4-8-13-17(19)21-16(18-13)15-10-5-11-22-15/h2-11H,1H3/b7-4+,13-8-. The number of para-hydroxylation sites is 1. The van der Waals surface area contributed by atoms with E-state index in [2.05, 4.69) is 4.99 Å². The fourth-order valence-corrected chi connectivity index (χ4v) is 2.62. The summed E-state index contributed by atoms with van der Waals surface area (Å²) < 4.78 is 10.4. The number of carbonyl (C=O) groups excluding carboxylic acids is 1. The third-order valence-electron chi connectivity index (χ3n) is 3.02. The Labute approximate surface area is 132 Å². The second-order valence-electron chi connectivity index (χ2n) is 4.44. The molecule has 1 aliphatic heterocycles. The first-order valence-electron chi connectivity index (χ1n) is 6.64. The van der Waals surface area contributed by atoms with Gasteiger partial charge in [0.1, 0.15) is 5.75 Å². The fourth-order valence-electron chi connectivity index (χ4n) is 1.98. The first-order valence-corrected chi connectivity index (χ1v) is 7.52. The molecule has 2 aromatic rings. The van der Waals surface area contributed by atoms with Crippen molar-refractivity contribution in [1.29, 1.82) is 0 Å². The average molecular weight is 311 g/mol. The molecule has 1 aromatic heterocycles. The van der Waals surface area contributed by atoms with Gasteiger partial charge in [0.15, 0.2) is 5.70 Å². The van der Waals surface area contributed by atoms with E-state index in [0.29, 0.717) is 5.90 Å². The van der Waals surface area contributed by atoms with E-state index in [9.17, 15) is 4.79 Å². The number of hydrogen-bond donors (Lipinski definition) is 0. The lowest BCUT2D eigenvalue weighted by atomic mass is 10.2. The number of methoxy groups -OCH3 is 1. The molecule has 4 nitrogen and oxygen atoms in total. The van der Waals surface area contributed by atoms with Crippen LogP contribution in [0, 0.1) is 0 Å². The average Bonchev–Trinajstić information content (AvgIpc) is 3.18. The van der Waals surface area contributed by atoms with Gasteiger partial charge >= 0.3 is 5.97 Å². The first kappa shape index (κ1) is 14.3. The molecule has 1 aromatic carbocycles. The number of hydrogen-bond acceptors (Lipinski definition) is 5. The predicted octanol–water partition coefficient (Wildman–Crippen LogP) is 3.66. The van der Waals surface area contributed by atoms with Gasteiger partial charge in [0.25, 0.3) is 0 Å². The molecule has 0 saturated heterocycles. The number of carbonyl (C=O) groups is 1. The molecule has 0 saturated carbocycles. The number of rotatable bonds is 4. The third kappa shape index (κ3) is 2.99. The zero-order valence-corrected chi connectivity index (χ0v) is 12.7. The van der Waals surface area contributed by atoms with Gasteiger partial charge in [0.05, 0.1) is 12.0 Å². The number of cyclic esters (lactones) is 1. The van der Waals surface area contributed by atoms with Gasteiger partial charge in [0, 0.05) is 5.56 Å². The number of thiophene rings is 1. The van der Waals surface area contributed by atoms with Crippen LogP contribution in [0.3, 0.4) is 0 Å². The molecule has 0 unspecified atom stereocenters. The van der Waals surface area contributed by atoms with Crippen LogP contribution in [-0.4, -0.2) is 19.0 Å². The van der Waals surface area contributed by atoms with Crippen molar-refractivity contribution < 1.29 is 14.3 Å². The molecule has 0 N–H and O–H groups in total. The SMILES string of the molecule is COc1ccccc1/C=C/C=C1\N=C(c2cccs2)OC1=O. The van der Waals surface area contributed by atoms with Crippen LogP contribution < -0.4 is 4.74 Å². The van der Waals surface area contributed by atoms with Crippen molar-refractivity contribution in [2.45, 2.75) is 0 Å². The number of ether oxygens (including phenoxy) is 2. The fraction of sp³-hybridized carbons (Fsp3) is 0.0588. The summed E-state index contributed by atoms with van der Waals surface area (Å²) in [5.74, 6) is 0.693. The number of allylic oxidation sites excluding steroid dienone is 2. The molecule has 0 atom stereocenters. The highest BCUT2D eigenvalue weighted by Crippen LogP contribution is 2.21. The molecule has 2 heterocycles. The number of nitrogens with zero attached hydrogens (tertiary/aromatic N) is 1. The van der Waals surface area contributed by atoms with Gasteiger partial charge in [-0.05, 0) is 23.6 Å². The quantitative estimate of drug-likeness (QED) is 0.639. The Bertz CT molecular complexity index is 773. The van der Waals surface area contributed by atoms with Crippen molar-refractivity contribution in [3.8, 4) is 5.75 Å². The van der Waals surface area contributed by atoms with Crippen molar-refractivity contribution >= 4 is 29.3 Å². The summed E-state index contributed by atoms with van der Waals surface area (Å²) in [5, 5.41) is 1.91. The summed E-state index contributed by atoms with van der Waals surface area (Å²) in [6.07, 6.45) is 5.25. The van der Waals surface area contributed by atoms with E-state index in [1.807, 2.05) is 47.9 Å². The molecule has 0 spiro atoms. The Morgan fingerprint density at radius 1 is 1.23 bits per heavy atom. The highest BCUT2D eigenvalue weighted by atomic mass is 32.1. The second-order valence-corrected chi connectivity index (χ2v) is 5.38. The maximum absolute atomic E-state index is 11.8. The van der Waals surface area contributed by atoms with Gasteiger partial charge in [-0.2, -0.15) is 0 Å². The predicted molar refractivity (Wildman–Crippen MR) is 87.1 cm³/mol. The molecule has 5 heteroatoms. The molecule has 0 radical (unpaired) electrons. The van der Waals surface area contributed by atoms with Crippen molar-refractivity contribution in [2.75, 3.05) is 7.11 Å². The molecule has 1 aliphatic rings. The molecule has 22 heavy (non-hydrogen) atoms. The number of esters is 1. The van der Waals surface area contributed by atoms with Crippen molar-refractivity contribution in [3.05, 3.63) is 70.1 Å². The minimum absolute atomic E-state index is 0.287. The number of aliphatic imine (C=N–C) groups is 1. The monoisotopic (exact) mass is 311 g/mol. The Morgan fingerprint density at radius 3 is 2.86 bits per heavy atom. The topological polar surface area (TPSA) is 47.9 Å². The van der Waals surface area contributed by atoms with Crippen LogP contribution in [0.15, 0.2) is 64.6 Å². The van der Waals surface area contributed by atoms with Gasteiger partial charge in [-0.1, -0.05) is 36.4 Å². The first-order chi connectivity index (χ1) is 10.8. The zero-order valence-electron chi connectivity index (χ0n) is 11.9. The Hall–Kier alpha value is -2.66. The lowest BCUT2D eigenvalue weighted by Gasteiger charge is -2.02. The van der Waals surface area contributed by atoms with E-state index < -0.39 is 5.97 Å². The van der Waals surface area contributed by atoms with Crippen LogP contribution in [0.25, 0.3) is 6.08 Å². The Morgan fingerprint density at radius 2 is 2.09 bits per heavy atom. The molecule has 110 valence electrons. The summed E-state index contributed by atoms with van der Waals surface area (Å²) in [4.78, 5) is 16.8. The Kier molecular flexibility index (Phi) is 4.16. The summed E-state index contributed by atoms with van der Waals surface area (Å²) in [6, 6.07) is 11.4. The molecule has 0 amide bonds. The Balaban J connectivity index is 1.80. The second kappa shape index (κ2) is 6.41. The van der Waals surface area contributed by atoms with E-state index >= 15 is 0 Å². The summed E-state index contributed by atoms with van der Waals surface area (Å²) in [5.41, 5.74) is 1.21. The van der Waals surface area contributed by atoms with Crippen molar-refractivity contribution in [3.63, 3.8) is 0 Å². The number of benzene rings is 1. The molecule has 0 fully saturated rings. The largest absolute Gasteiger partial charge is 0.496 e. The molecule has 0 aliphatic carbocycles. The van der Waals surface area contributed by atoms with Crippen LogP contribution >= 0.6 is 11.3 Å². The van der Waals surface area contributed by atoms with Gasteiger partial charge in [-0.3, -0.25) is 0 Å². The third-order valence-corrected chi connectivity index (χ3v) is 3.88. The van der Waals surface area contributed by atoms with Crippen molar-refractivity contribution in [1.82, 2.24) is 0 Å². The maximum Gasteiger partial charge on any atom is 0.363 e. The maximum atomic E-state index is 11.8. The normalized spacial score (nSPS) is 16.1. The zero-order chi connectivity index (χ0) is 15.4. The van der Waals surface area contributed by atoms with Crippen LogP contribution in [0.5, 0.6) is 5.75 Å². The van der Waals surface area contributed by atoms with E-state index in [1.54, 1.807) is 19.3 Å². The smallest absolute Gasteiger partial charge is 0.363 e. The summed E-state index contributed by atoms with van der Waals surface area (Å²) in [6.45, 7) is 0. The molecular formula is C17H13NO3S. The van der Waals surface area contributed by atoms with Crippen LogP contribution in [0.1, 0.15) is 10.4 Å². The van der Waals surface area contributed by atoms with Gasteiger partial charge < -0.3 is 9.47 Å². The van der Waals surface area contributed by atoms with Crippen LogP contribution in [-0.2, 0) is 9.53 Å². The van der Waals surface area contributed by atoms with E-state index in [1.165, 1.54) is 11.3 Å². The van der Waals surface area contributed by atoms with E-state index in [-0.39, 0.29) is 5.70 Å². The molecular weight excluding hydrogens is 298 g/mol. The highest BCUT2D eigenvalue weighted by molar-refractivity contribution is 7.12. The minimum Gasteiger partial charge on any atom is -0.496 e. The van der Waals surface area contributed by atoms with Gasteiger partial charge in [-0.15, -0.1) is 11.3 Å². The highest BCUT2D eigenvalue weighted by Gasteiger charge is 2.23. The van der Waals surface area contributed by atoms with Gasteiger partial charge in [-0.25, -0.2) is 9.79 Å². The molecule has 3 rings (SSSR count). The van der Waals surface area contributed by atoms with Crippen LogP contribution in [0.2, 0.25) is 0 Å². The van der Waals surface area contributed by atoms with Gasteiger partial charge in [0.2, 0.25) is 5.90 Å². The minimum atomic E-state index is -0.437. The summed E-state index contributed by atoms with van der Waals surface area (Å²) in [7, 11) is 1.62. The molecule has 0 bridgehead atoms. The summed E-state index contributed by atoms with van der Waals surface area (Å²) >= 11 is 1.48. The lowest BCUT2D eigenvalue weighted by Crippen LogP contribution is -2.03.